The van der Waals surface area contributed by atoms with E-state index in [9.17, 15) is 0 Å². The van der Waals surface area contributed by atoms with E-state index in [1.165, 1.54) is 23.4 Å². The van der Waals surface area contributed by atoms with E-state index in [1.54, 1.807) is 5.57 Å². The highest BCUT2D eigenvalue weighted by molar-refractivity contribution is 5.86. The van der Waals surface area contributed by atoms with Crippen LogP contribution in [0.1, 0.15) is 47.5 Å². The summed E-state index contributed by atoms with van der Waals surface area (Å²) in [5.74, 6) is 1.84. The van der Waals surface area contributed by atoms with Crippen LogP contribution in [0.2, 0.25) is 0 Å². The summed E-state index contributed by atoms with van der Waals surface area (Å²) in [7, 11) is 0. The van der Waals surface area contributed by atoms with Crippen LogP contribution in [0.4, 0.5) is 0 Å². The van der Waals surface area contributed by atoms with E-state index in [4.69, 9.17) is 0 Å². The van der Waals surface area contributed by atoms with E-state index in [0.717, 1.165) is 19.5 Å². The van der Waals surface area contributed by atoms with E-state index in [-0.39, 0.29) is 0 Å². The van der Waals surface area contributed by atoms with Crippen molar-refractivity contribution in [2.75, 3.05) is 13.1 Å². The summed E-state index contributed by atoms with van der Waals surface area (Å²) < 4.78 is 0. The van der Waals surface area contributed by atoms with Gasteiger partial charge in [-0.1, -0.05) is 38.0 Å². The van der Waals surface area contributed by atoms with Gasteiger partial charge in [0.05, 0.1) is 6.54 Å². The number of rotatable bonds is 2. The Balaban J connectivity index is 2.15. The Bertz CT molecular complexity index is 419. The molecule has 0 bridgehead atoms. The molecule has 1 unspecified atom stereocenters. The summed E-state index contributed by atoms with van der Waals surface area (Å²) >= 11 is 0. The predicted molar refractivity (Wildman–Crippen MR) is 78.9 cm³/mol. The van der Waals surface area contributed by atoms with Crippen molar-refractivity contribution in [1.82, 2.24) is 5.32 Å². The van der Waals surface area contributed by atoms with Gasteiger partial charge in [-0.25, -0.2) is 0 Å². The van der Waals surface area contributed by atoms with Gasteiger partial charge >= 0.3 is 0 Å². The zero-order chi connectivity index (χ0) is 13.3. The maximum atomic E-state index is 4.51. The highest BCUT2D eigenvalue weighted by atomic mass is 15.1. The minimum Gasteiger partial charge on any atom is -0.372 e. The van der Waals surface area contributed by atoms with Crippen LogP contribution in [0.3, 0.4) is 0 Å². The van der Waals surface area contributed by atoms with Crippen molar-refractivity contribution in [3.8, 4) is 0 Å². The first kappa shape index (κ1) is 13.4. The van der Waals surface area contributed by atoms with Crippen molar-refractivity contribution in [1.29, 1.82) is 0 Å². The van der Waals surface area contributed by atoms with Crippen molar-refractivity contribution in [2.24, 2.45) is 16.3 Å². The van der Waals surface area contributed by atoms with Gasteiger partial charge < -0.3 is 5.32 Å². The van der Waals surface area contributed by atoms with E-state index >= 15 is 0 Å². The monoisotopic (exact) mass is 246 g/mol. The molecule has 0 spiro atoms. The first-order valence-corrected chi connectivity index (χ1v) is 7.02. The number of hydrogen-bond donors (Lipinski definition) is 1. The van der Waals surface area contributed by atoms with Gasteiger partial charge in [0.25, 0.3) is 0 Å². The Morgan fingerprint density at radius 2 is 2.06 bits per heavy atom. The standard InChI is InChI=1S/C16H26N2/c1-11-8-13(16(3,4)5)9-12(2)14(11)10-15-17-6-7-18-15/h8,13H,6-7,9-10H2,1-5H3,(H,17,18). The molecule has 2 rings (SSSR count). The van der Waals surface area contributed by atoms with Crippen molar-refractivity contribution in [2.45, 2.75) is 47.5 Å². The molecule has 2 heteroatoms. The summed E-state index contributed by atoms with van der Waals surface area (Å²) in [6.07, 6.45) is 4.66. The van der Waals surface area contributed by atoms with Crippen molar-refractivity contribution < 1.29 is 0 Å². The summed E-state index contributed by atoms with van der Waals surface area (Å²) in [4.78, 5) is 4.51. The SMILES string of the molecule is CC1=CC(C(C)(C)C)CC(C)=C1CC1=NCCN1. The van der Waals surface area contributed by atoms with Gasteiger partial charge in [-0.15, -0.1) is 0 Å². The molecule has 18 heavy (non-hydrogen) atoms. The van der Waals surface area contributed by atoms with Gasteiger partial charge in [0.2, 0.25) is 0 Å². The molecule has 1 aliphatic heterocycles. The van der Waals surface area contributed by atoms with Crippen LogP contribution in [-0.2, 0) is 0 Å². The third-order valence-electron chi connectivity index (χ3n) is 4.17. The summed E-state index contributed by atoms with van der Waals surface area (Å²) in [5.41, 5.74) is 4.86. The first-order valence-electron chi connectivity index (χ1n) is 7.02. The number of hydrogen-bond acceptors (Lipinski definition) is 2. The fourth-order valence-corrected chi connectivity index (χ4v) is 2.83. The second kappa shape index (κ2) is 4.91. The van der Waals surface area contributed by atoms with E-state index in [0.29, 0.717) is 11.3 Å². The quantitative estimate of drug-likeness (QED) is 0.789. The molecule has 0 amide bonds. The largest absolute Gasteiger partial charge is 0.372 e. The third-order valence-corrected chi connectivity index (χ3v) is 4.17. The molecule has 0 aromatic heterocycles. The molecule has 1 N–H and O–H groups in total. The molecule has 0 saturated heterocycles. The van der Waals surface area contributed by atoms with Crippen molar-refractivity contribution in [3.63, 3.8) is 0 Å². The maximum absolute atomic E-state index is 4.51. The fourth-order valence-electron chi connectivity index (χ4n) is 2.83. The molecule has 0 aromatic rings. The average molecular weight is 246 g/mol. The number of amidine groups is 1. The van der Waals surface area contributed by atoms with Crippen LogP contribution in [0.25, 0.3) is 0 Å². The molecule has 1 aliphatic carbocycles. The Kier molecular flexibility index (Phi) is 3.65. The van der Waals surface area contributed by atoms with E-state index in [2.05, 4.69) is 51.0 Å². The van der Waals surface area contributed by atoms with Gasteiger partial charge in [-0.05, 0) is 37.2 Å². The molecule has 0 aromatic carbocycles. The molecule has 1 heterocycles. The normalized spacial score (nSPS) is 24.8. The van der Waals surface area contributed by atoms with Crippen molar-refractivity contribution >= 4 is 5.84 Å². The minimum absolute atomic E-state index is 0.358. The van der Waals surface area contributed by atoms with Crippen molar-refractivity contribution in [3.05, 3.63) is 22.8 Å². The van der Waals surface area contributed by atoms with Crippen LogP contribution in [0.15, 0.2) is 27.8 Å². The molecule has 0 radical (unpaired) electrons. The average Bonchev–Trinajstić information content (AvgIpc) is 2.74. The summed E-state index contributed by atoms with van der Waals surface area (Å²) in [6, 6.07) is 0. The maximum Gasteiger partial charge on any atom is 0.101 e. The van der Waals surface area contributed by atoms with E-state index < -0.39 is 0 Å². The lowest BCUT2D eigenvalue weighted by Crippen LogP contribution is -2.24. The number of nitrogens with one attached hydrogen (secondary N) is 1. The third kappa shape index (κ3) is 2.85. The molecule has 0 fully saturated rings. The predicted octanol–water partition coefficient (Wildman–Crippen LogP) is 3.71. The van der Waals surface area contributed by atoms with Gasteiger partial charge in [-0.3, -0.25) is 4.99 Å². The zero-order valence-electron chi connectivity index (χ0n) is 12.4. The molecular weight excluding hydrogens is 220 g/mol. The Morgan fingerprint density at radius 1 is 1.33 bits per heavy atom. The summed E-state index contributed by atoms with van der Waals surface area (Å²) in [6.45, 7) is 13.5. The molecule has 1 atom stereocenters. The van der Waals surface area contributed by atoms with Crippen LogP contribution in [0.5, 0.6) is 0 Å². The highest BCUT2D eigenvalue weighted by Gasteiger charge is 2.27. The topological polar surface area (TPSA) is 24.4 Å². The van der Waals surface area contributed by atoms with Crippen LogP contribution in [-0.4, -0.2) is 18.9 Å². The Hall–Kier alpha value is -1.05. The number of allylic oxidation sites excluding steroid dienone is 3. The molecular formula is C16H26N2. The number of aliphatic imine (C=N–C) groups is 1. The molecule has 2 aliphatic rings. The van der Waals surface area contributed by atoms with Gasteiger partial charge in [0, 0.05) is 13.0 Å². The second-order valence-electron chi connectivity index (χ2n) is 6.72. The lowest BCUT2D eigenvalue weighted by molar-refractivity contribution is 0.287. The minimum atomic E-state index is 0.358. The van der Waals surface area contributed by atoms with Crippen LogP contribution >= 0.6 is 0 Å². The van der Waals surface area contributed by atoms with Gasteiger partial charge in [-0.2, -0.15) is 0 Å². The molecule has 2 nitrogen and oxygen atoms in total. The zero-order valence-corrected chi connectivity index (χ0v) is 12.4. The van der Waals surface area contributed by atoms with Gasteiger partial charge in [0.1, 0.15) is 5.84 Å². The fraction of sp³-hybridized carbons (Fsp3) is 0.688. The smallest absolute Gasteiger partial charge is 0.101 e. The highest BCUT2D eigenvalue weighted by Crippen LogP contribution is 2.39. The Labute approximate surface area is 111 Å². The number of nitrogens with zero attached hydrogens (tertiary/aromatic N) is 1. The van der Waals surface area contributed by atoms with E-state index in [1.807, 2.05) is 0 Å². The lowest BCUT2D eigenvalue weighted by atomic mass is 9.72. The molecule has 100 valence electrons. The summed E-state index contributed by atoms with van der Waals surface area (Å²) in [5, 5.41) is 3.38. The van der Waals surface area contributed by atoms with Gasteiger partial charge in [0.15, 0.2) is 0 Å². The molecule has 0 saturated carbocycles. The van der Waals surface area contributed by atoms with Crippen LogP contribution < -0.4 is 5.32 Å². The second-order valence-corrected chi connectivity index (χ2v) is 6.72. The Morgan fingerprint density at radius 3 is 2.56 bits per heavy atom. The van der Waals surface area contributed by atoms with Crippen LogP contribution in [0, 0.1) is 11.3 Å². The first-order chi connectivity index (χ1) is 8.38. The lowest BCUT2D eigenvalue weighted by Gasteiger charge is -2.33.